The molecule has 0 aliphatic carbocycles. The largest absolute Gasteiger partial charge is 0.383 e. The molecule has 96 valence electrons. The minimum absolute atomic E-state index is 0.678. The molecule has 0 saturated heterocycles. The number of aryl methyl sites for hydroxylation is 1. The van der Waals surface area contributed by atoms with Gasteiger partial charge in [0.2, 0.25) is 5.95 Å². The zero-order valence-corrected chi connectivity index (χ0v) is 10.8. The molecule has 0 aliphatic heterocycles. The van der Waals surface area contributed by atoms with E-state index in [1.165, 1.54) is 0 Å². The first-order valence-corrected chi connectivity index (χ1v) is 5.95. The molecule has 2 aromatic rings. The first-order valence-electron chi connectivity index (χ1n) is 5.95. The summed E-state index contributed by atoms with van der Waals surface area (Å²) in [5.74, 6) is 0.869. The summed E-state index contributed by atoms with van der Waals surface area (Å²) in [7, 11) is 1.70. The van der Waals surface area contributed by atoms with Gasteiger partial charge in [-0.05, 0) is 18.6 Å². The quantitative estimate of drug-likeness (QED) is 0.845. The minimum Gasteiger partial charge on any atom is -0.383 e. The van der Waals surface area contributed by atoms with Crippen molar-refractivity contribution in [1.29, 1.82) is 0 Å². The number of anilines is 1. The summed E-state index contributed by atoms with van der Waals surface area (Å²) in [5, 5.41) is 3.32. The fraction of sp³-hybridized carbons (Fsp3) is 0.385. The van der Waals surface area contributed by atoms with Crippen molar-refractivity contribution < 1.29 is 4.74 Å². The maximum atomic E-state index is 5.09. The van der Waals surface area contributed by atoms with E-state index in [0.29, 0.717) is 6.61 Å². The summed E-state index contributed by atoms with van der Waals surface area (Å²) in [6.45, 7) is 4.18. The predicted molar refractivity (Wildman–Crippen MR) is 70.4 cm³/mol. The number of pyridine rings is 1. The van der Waals surface area contributed by atoms with Gasteiger partial charge in [-0.2, -0.15) is 0 Å². The van der Waals surface area contributed by atoms with Crippen molar-refractivity contribution in [3.05, 3.63) is 42.0 Å². The van der Waals surface area contributed by atoms with Gasteiger partial charge in [-0.25, -0.2) is 4.98 Å². The van der Waals surface area contributed by atoms with Crippen LogP contribution in [0.1, 0.15) is 11.3 Å². The highest BCUT2D eigenvalue weighted by Crippen LogP contribution is 2.10. The minimum atomic E-state index is 0.678. The van der Waals surface area contributed by atoms with E-state index >= 15 is 0 Å². The number of nitrogens with one attached hydrogen (secondary N) is 1. The molecule has 0 spiro atoms. The number of hydrogen-bond donors (Lipinski definition) is 1. The maximum absolute atomic E-state index is 5.09. The van der Waals surface area contributed by atoms with Crippen LogP contribution in [0, 0.1) is 6.92 Å². The third-order valence-electron chi connectivity index (χ3n) is 2.61. The fourth-order valence-corrected chi connectivity index (χ4v) is 1.73. The number of hydrogen-bond acceptors (Lipinski definition) is 4. The van der Waals surface area contributed by atoms with E-state index in [-0.39, 0.29) is 0 Å². The average molecular weight is 246 g/mol. The van der Waals surface area contributed by atoms with Crippen LogP contribution in [0.4, 0.5) is 5.95 Å². The van der Waals surface area contributed by atoms with Gasteiger partial charge in [0.15, 0.2) is 0 Å². The van der Waals surface area contributed by atoms with Crippen LogP contribution in [0.3, 0.4) is 0 Å². The lowest BCUT2D eigenvalue weighted by atomic mass is 10.3. The molecule has 0 saturated carbocycles. The Morgan fingerprint density at radius 2 is 2.33 bits per heavy atom. The standard InChI is InChI=1S/C13H18N4O/c1-11-10-17(6-7-18-2)13(16-11)15-9-12-4-3-5-14-8-12/h3-5,8,10H,6-7,9H2,1-2H3,(H,15,16). The molecular formula is C13H18N4O. The second-order valence-corrected chi connectivity index (χ2v) is 4.11. The fourth-order valence-electron chi connectivity index (χ4n) is 1.73. The van der Waals surface area contributed by atoms with Crippen LogP contribution in [0.5, 0.6) is 0 Å². The van der Waals surface area contributed by atoms with Crippen LogP contribution in [-0.2, 0) is 17.8 Å². The number of aromatic nitrogens is 3. The Labute approximate surface area is 107 Å². The molecule has 18 heavy (non-hydrogen) atoms. The predicted octanol–water partition coefficient (Wildman–Crippen LogP) is 1.85. The zero-order valence-electron chi connectivity index (χ0n) is 10.8. The van der Waals surface area contributed by atoms with Gasteiger partial charge in [0.1, 0.15) is 0 Å². The van der Waals surface area contributed by atoms with E-state index in [1.807, 2.05) is 31.5 Å². The number of imidazole rings is 1. The van der Waals surface area contributed by atoms with E-state index in [9.17, 15) is 0 Å². The Kier molecular flexibility index (Phi) is 4.30. The third kappa shape index (κ3) is 3.30. The molecule has 2 aromatic heterocycles. The van der Waals surface area contributed by atoms with Gasteiger partial charge < -0.3 is 14.6 Å². The SMILES string of the molecule is COCCn1cc(C)nc1NCc1cccnc1. The van der Waals surface area contributed by atoms with E-state index in [1.54, 1.807) is 13.3 Å². The van der Waals surface area contributed by atoms with Gasteiger partial charge in [0.05, 0.1) is 12.3 Å². The molecule has 0 aromatic carbocycles. The lowest BCUT2D eigenvalue weighted by molar-refractivity contribution is 0.187. The van der Waals surface area contributed by atoms with E-state index < -0.39 is 0 Å². The maximum Gasteiger partial charge on any atom is 0.203 e. The highest BCUT2D eigenvalue weighted by molar-refractivity contribution is 5.30. The van der Waals surface area contributed by atoms with E-state index in [0.717, 1.165) is 30.3 Å². The molecule has 5 nitrogen and oxygen atoms in total. The van der Waals surface area contributed by atoms with Crippen molar-refractivity contribution in [2.75, 3.05) is 19.0 Å². The van der Waals surface area contributed by atoms with Crippen molar-refractivity contribution in [2.24, 2.45) is 0 Å². The molecule has 0 bridgehead atoms. The van der Waals surface area contributed by atoms with E-state index in [2.05, 4.69) is 19.9 Å². The van der Waals surface area contributed by atoms with Crippen molar-refractivity contribution >= 4 is 5.95 Å². The number of nitrogens with zero attached hydrogens (tertiary/aromatic N) is 3. The molecular weight excluding hydrogens is 228 g/mol. The Hall–Kier alpha value is -1.88. The average Bonchev–Trinajstić information content (AvgIpc) is 2.75. The van der Waals surface area contributed by atoms with Crippen molar-refractivity contribution in [3.8, 4) is 0 Å². The molecule has 0 radical (unpaired) electrons. The zero-order chi connectivity index (χ0) is 12.8. The molecule has 2 rings (SSSR count). The van der Waals surface area contributed by atoms with Crippen LogP contribution in [0.2, 0.25) is 0 Å². The number of ether oxygens (including phenoxy) is 1. The lowest BCUT2D eigenvalue weighted by Crippen LogP contribution is -2.10. The highest BCUT2D eigenvalue weighted by Gasteiger charge is 2.04. The van der Waals surface area contributed by atoms with Crippen molar-refractivity contribution in [3.63, 3.8) is 0 Å². The highest BCUT2D eigenvalue weighted by atomic mass is 16.5. The summed E-state index contributed by atoms with van der Waals surface area (Å²) < 4.78 is 7.15. The van der Waals surface area contributed by atoms with Gasteiger partial charge >= 0.3 is 0 Å². The van der Waals surface area contributed by atoms with Gasteiger partial charge in [0, 0.05) is 38.8 Å². The van der Waals surface area contributed by atoms with Gasteiger partial charge in [0.25, 0.3) is 0 Å². The second kappa shape index (κ2) is 6.16. The molecule has 0 aliphatic rings. The molecule has 0 unspecified atom stereocenters. The lowest BCUT2D eigenvalue weighted by Gasteiger charge is -2.09. The van der Waals surface area contributed by atoms with Crippen molar-refractivity contribution in [2.45, 2.75) is 20.0 Å². The molecule has 0 amide bonds. The Morgan fingerprint density at radius 3 is 3.06 bits per heavy atom. The summed E-state index contributed by atoms with van der Waals surface area (Å²) in [6, 6.07) is 3.97. The van der Waals surface area contributed by atoms with E-state index in [4.69, 9.17) is 4.74 Å². The Bertz CT molecular complexity index is 481. The van der Waals surface area contributed by atoms with Crippen LogP contribution in [0.15, 0.2) is 30.7 Å². The Morgan fingerprint density at radius 1 is 1.44 bits per heavy atom. The topological polar surface area (TPSA) is 52.0 Å². The monoisotopic (exact) mass is 246 g/mol. The molecule has 2 heterocycles. The molecule has 0 atom stereocenters. The first kappa shape index (κ1) is 12.6. The third-order valence-corrected chi connectivity index (χ3v) is 2.61. The molecule has 0 fully saturated rings. The smallest absolute Gasteiger partial charge is 0.203 e. The first-order chi connectivity index (χ1) is 8.79. The molecule has 5 heteroatoms. The van der Waals surface area contributed by atoms with Gasteiger partial charge in [-0.1, -0.05) is 6.07 Å². The summed E-state index contributed by atoms with van der Waals surface area (Å²) in [4.78, 5) is 8.54. The second-order valence-electron chi connectivity index (χ2n) is 4.11. The van der Waals surface area contributed by atoms with Crippen LogP contribution in [-0.4, -0.2) is 28.3 Å². The van der Waals surface area contributed by atoms with Crippen molar-refractivity contribution in [1.82, 2.24) is 14.5 Å². The summed E-state index contributed by atoms with van der Waals surface area (Å²) in [5.41, 5.74) is 2.14. The molecule has 1 N–H and O–H groups in total. The summed E-state index contributed by atoms with van der Waals surface area (Å²) in [6.07, 6.45) is 5.64. The van der Waals surface area contributed by atoms with Crippen LogP contribution < -0.4 is 5.32 Å². The van der Waals surface area contributed by atoms with Crippen LogP contribution >= 0.6 is 0 Å². The van der Waals surface area contributed by atoms with Gasteiger partial charge in [-0.3, -0.25) is 4.98 Å². The van der Waals surface area contributed by atoms with Gasteiger partial charge in [-0.15, -0.1) is 0 Å². The number of rotatable bonds is 6. The normalized spacial score (nSPS) is 10.6. The van der Waals surface area contributed by atoms with Crippen LogP contribution in [0.25, 0.3) is 0 Å². The Balaban J connectivity index is 2.00. The summed E-state index contributed by atoms with van der Waals surface area (Å²) >= 11 is 0. The number of methoxy groups -OCH3 is 1.